The highest BCUT2D eigenvalue weighted by atomic mass is 16.5. The summed E-state index contributed by atoms with van der Waals surface area (Å²) in [7, 11) is 0. The summed E-state index contributed by atoms with van der Waals surface area (Å²) in [4.78, 5) is 0. The van der Waals surface area contributed by atoms with Crippen LogP contribution in [0.3, 0.4) is 0 Å². The Bertz CT molecular complexity index is 416. The molecule has 1 aromatic carbocycles. The van der Waals surface area contributed by atoms with Crippen molar-refractivity contribution in [3.63, 3.8) is 0 Å². The van der Waals surface area contributed by atoms with Gasteiger partial charge >= 0.3 is 0 Å². The lowest BCUT2D eigenvalue weighted by Gasteiger charge is -2.43. The molecule has 0 bridgehead atoms. The van der Waals surface area contributed by atoms with Crippen LogP contribution in [0.4, 0.5) is 0 Å². The fourth-order valence-corrected chi connectivity index (χ4v) is 3.25. The number of benzene rings is 1. The molecule has 1 aliphatic rings. The number of hydrogen-bond donors (Lipinski definition) is 2. The number of rotatable bonds is 5. The maximum absolute atomic E-state index is 6.14. The van der Waals surface area contributed by atoms with Gasteiger partial charge in [-0.05, 0) is 26.3 Å². The average Bonchev–Trinajstić information content (AvgIpc) is 2.39. The van der Waals surface area contributed by atoms with Gasteiger partial charge in [0.25, 0.3) is 0 Å². The van der Waals surface area contributed by atoms with Gasteiger partial charge in [0, 0.05) is 32.7 Å². The smallest absolute Gasteiger partial charge is 0.0932 e. The van der Waals surface area contributed by atoms with E-state index >= 15 is 0 Å². The molecule has 20 heavy (non-hydrogen) atoms. The molecule has 0 amide bonds. The minimum atomic E-state index is -0.276. The van der Waals surface area contributed by atoms with Crippen LogP contribution in [0.5, 0.6) is 0 Å². The summed E-state index contributed by atoms with van der Waals surface area (Å²) in [6, 6.07) is 6.54. The summed E-state index contributed by atoms with van der Waals surface area (Å²) in [5.74, 6) is 5.88. The molecule has 1 atom stereocenters. The summed E-state index contributed by atoms with van der Waals surface area (Å²) in [5, 5.41) is 0. The molecule has 1 aliphatic heterocycles. The van der Waals surface area contributed by atoms with Crippen molar-refractivity contribution in [1.29, 1.82) is 0 Å². The Kier molecular flexibility index (Phi) is 5.16. The number of hydrazine groups is 1. The molecule has 1 unspecified atom stereocenters. The highest BCUT2D eigenvalue weighted by Gasteiger charge is 2.41. The first-order valence-corrected chi connectivity index (χ1v) is 7.37. The number of nitrogens with one attached hydrogen (secondary N) is 1. The van der Waals surface area contributed by atoms with Gasteiger partial charge in [0.2, 0.25) is 0 Å². The molecular formula is C16H26N2O2. The summed E-state index contributed by atoms with van der Waals surface area (Å²) >= 11 is 0. The van der Waals surface area contributed by atoms with Gasteiger partial charge in [0.1, 0.15) is 0 Å². The fourth-order valence-electron chi connectivity index (χ4n) is 3.25. The molecule has 3 N–H and O–H groups in total. The fraction of sp³-hybridized carbons (Fsp3) is 0.625. The molecule has 1 aromatic rings. The van der Waals surface area contributed by atoms with E-state index in [0.29, 0.717) is 6.61 Å². The van der Waals surface area contributed by atoms with Crippen LogP contribution in [0.15, 0.2) is 18.2 Å². The molecule has 1 fully saturated rings. The summed E-state index contributed by atoms with van der Waals surface area (Å²) in [6.07, 6.45) is 1.73. The Morgan fingerprint density at radius 2 is 1.85 bits per heavy atom. The zero-order valence-electron chi connectivity index (χ0n) is 12.7. The predicted octanol–water partition coefficient (Wildman–Crippen LogP) is 2.39. The normalized spacial score (nSPS) is 19.8. The number of ether oxygens (including phenoxy) is 2. The van der Waals surface area contributed by atoms with E-state index in [1.807, 2.05) is 6.92 Å². The lowest BCUT2D eigenvalue weighted by atomic mass is 9.81. The van der Waals surface area contributed by atoms with E-state index in [-0.39, 0.29) is 11.6 Å². The van der Waals surface area contributed by atoms with Crippen molar-refractivity contribution < 1.29 is 9.47 Å². The van der Waals surface area contributed by atoms with E-state index in [1.54, 1.807) is 0 Å². The molecule has 0 saturated carbocycles. The summed E-state index contributed by atoms with van der Waals surface area (Å²) in [6.45, 7) is 8.39. The minimum absolute atomic E-state index is 0.00931. The number of hydrogen-bond acceptors (Lipinski definition) is 4. The maximum Gasteiger partial charge on any atom is 0.0932 e. The highest BCUT2D eigenvalue weighted by molar-refractivity contribution is 5.32. The van der Waals surface area contributed by atoms with Crippen molar-refractivity contribution in [1.82, 2.24) is 5.43 Å². The summed E-state index contributed by atoms with van der Waals surface area (Å²) in [5.41, 5.74) is 6.40. The topological polar surface area (TPSA) is 56.5 Å². The Hall–Kier alpha value is -0.940. The molecule has 0 spiro atoms. The zero-order chi connectivity index (χ0) is 14.6. The third kappa shape index (κ3) is 3.20. The van der Waals surface area contributed by atoms with E-state index in [9.17, 15) is 0 Å². The van der Waals surface area contributed by atoms with Crippen LogP contribution in [0.25, 0.3) is 0 Å². The highest BCUT2D eigenvalue weighted by Crippen LogP contribution is 2.38. The minimum Gasteiger partial charge on any atom is -0.381 e. The van der Waals surface area contributed by atoms with Crippen LogP contribution in [0.1, 0.15) is 42.5 Å². The predicted molar refractivity (Wildman–Crippen MR) is 80.4 cm³/mol. The molecular weight excluding hydrogens is 252 g/mol. The molecule has 0 aliphatic carbocycles. The SMILES string of the molecule is CCOC1(C(NN)c2cc(C)cc(C)c2)CCOCC1. The van der Waals surface area contributed by atoms with E-state index < -0.39 is 0 Å². The molecule has 1 saturated heterocycles. The Morgan fingerprint density at radius 3 is 2.35 bits per heavy atom. The third-order valence-corrected chi connectivity index (χ3v) is 4.04. The van der Waals surface area contributed by atoms with Crippen molar-refractivity contribution in [2.45, 2.75) is 45.3 Å². The first kappa shape index (κ1) is 15.4. The van der Waals surface area contributed by atoms with Gasteiger partial charge < -0.3 is 9.47 Å². The molecule has 1 heterocycles. The van der Waals surface area contributed by atoms with E-state index in [0.717, 1.165) is 26.1 Å². The first-order chi connectivity index (χ1) is 9.61. The Balaban J connectivity index is 2.36. The van der Waals surface area contributed by atoms with Gasteiger partial charge in [0.15, 0.2) is 0 Å². The zero-order valence-corrected chi connectivity index (χ0v) is 12.7. The molecule has 2 rings (SSSR count). The molecule has 112 valence electrons. The molecule has 0 radical (unpaired) electrons. The second-order valence-corrected chi connectivity index (χ2v) is 5.63. The largest absolute Gasteiger partial charge is 0.381 e. The van der Waals surface area contributed by atoms with Gasteiger partial charge in [-0.2, -0.15) is 0 Å². The molecule has 4 heteroatoms. The Labute approximate surface area is 121 Å². The first-order valence-electron chi connectivity index (χ1n) is 7.37. The van der Waals surface area contributed by atoms with Crippen molar-refractivity contribution in [2.75, 3.05) is 19.8 Å². The van der Waals surface area contributed by atoms with E-state index in [4.69, 9.17) is 15.3 Å². The number of aryl methyl sites for hydroxylation is 2. The summed E-state index contributed by atoms with van der Waals surface area (Å²) < 4.78 is 11.6. The van der Waals surface area contributed by atoms with Gasteiger partial charge in [-0.15, -0.1) is 0 Å². The monoisotopic (exact) mass is 278 g/mol. The van der Waals surface area contributed by atoms with Crippen LogP contribution >= 0.6 is 0 Å². The van der Waals surface area contributed by atoms with Crippen LogP contribution in [-0.2, 0) is 9.47 Å². The Morgan fingerprint density at radius 1 is 1.25 bits per heavy atom. The number of nitrogens with two attached hydrogens (primary N) is 1. The lowest BCUT2D eigenvalue weighted by Crippen LogP contribution is -2.51. The molecule has 4 nitrogen and oxygen atoms in total. The van der Waals surface area contributed by atoms with Crippen molar-refractivity contribution >= 4 is 0 Å². The van der Waals surface area contributed by atoms with Crippen molar-refractivity contribution in [3.8, 4) is 0 Å². The third-order valence-electron chi connectivity index (χ3n) is 4.04. The maximum atomic E-state index is 6.14. The van der Waals surface area contributed by atoms with Crippen LogP contribution < -0.4 is 11.3 Å². The van der Waals surface area contributed by atoms with Crippen molar-refractivity contribution in [2.24, 2.45) is 5.84 Å². The average molecular weight is 278 g/mol. The quantitative estimate of drug-likeness (QED) is 0.641. The van der Waals surface area contributed by atoms with Crippen LogP contribution in [0, 0.1) is 13.8 Å². The second-order valence-electron chi connectivity index (χ2n) is 5.63. The van der Waals surface area contributed by atoms with E-state index in [1.165, 1.54) is 16.7 Å². The van der Waals surface area contributed by atoms with Gasteiger partial charge in [0.05, 0.1) is 11.6 Å². The lowest BCUT2D eigenvalue weighted by molar-refractivity contribution is -0.128. The van der Waals surface area contributed by atoms with E-state index in [2.05, 4.69) is 37.5 Å². The second kappa shape index (κ2) is 6.68. The van der Waals surface area contributed by atoms with Gasteiger partial charge in [-0.3, -0.25) is 11.3 Å². The van der Waals surface area contributed by atoms with Crippen LogP contribution in [-0.4, -0.2) is 25.4 Å². The standard InChI is InChI=1S/C16H26N2O2/c1-4-20-16(5-7-19-8-6-16)15(18-17)14-10-12(2)9-13(3)11-14/h9-11,15,18H,4-8,17H2,1-3H3. The van der Waals surface area contributed by atoms with Gasteiger partial charge in [-0.25, -0.2) is 0 Å². The molecule has 0 aromatic heterocycles. The van der Waals surface area contributed by atoms with Crippen molar-refractivity contribution in [3.05, 3.63) is 34.9 Å². The van der Waals surface area contributed by atoms with Crippen LogP contribution in [0.2, 0.25) is 0 Å². The van der Waals surface area contributed by atoms with Gasteiger partial charge in [-0.1, -0.05) is 29.3 Å².